The Hall–Kier alpha value is -1.25. The van der Waals surface area contributed by atoms with Crippen molar-refractivity contribution in [2.24, 2.45) is 0 Å². The molecule has 0 aliphatic heterocycles. The quantitative estimate of drug-likeness (QED) is 0.757. The van der Waals surface area contributed by atoms with E-state index in [9.17, 15) is 5.11 Å². The molecule has 2 aromatic heterocycles. The van der Waals surface area contributed by atoms with Gasteiger partial charge in [-0.15, -0.1) is 0 Å². The number of nitrogens with two attached hydrogens (primary N) is 1. The van der Waals surface area contributed by atoms with Gasteiger partial charge in [-0.25, -0.2) is 4.98 Å². The van der Waals surface area contributed by atoms with Crippen molar-refractivity contribution in [2.75, 3.05) is 5.73 Å². The third kappa shape index (κ3) is 1.15. The summed E-state index contributed by atoms with van der Waals surface area (Å²) >= 11 is 1.70. The fraction of sp³-hybridized carbons (Fsp3) is 0. The number of aromatic nitrogens is 3. The molecule has 0 unspecified atom stereocenters. The number of hydrogen-bond acceptors (Lipinski definition) is 5. The van der Waals surface area contributed by atoms with E-state index in [0.29, 0.717) is 11.3 Å². The fourth-order valence-electron chi connectivity index (χ4n) is 1.08. The Morgan fingerprint density at radius 1 is 1.62 bits per heavy atom. The molecule has 0 amide bonds. The zero-order chi connectivity index (χ0) is 9.42. The summed E-state index contributed by atoms with van der Waals surface area (Å²) < 4.78 is 6.22. The van der Waals surface area contributed by atoms with Gasteiger partial charge in [0.15, 0.2) is 40.1 Å². The molecule has 0 fully saturated rings. The predicted octanol–water partition coefficient (Wildman–Crippen LogP) is 0.746. The van der Waals surface area contributed by atoms with Crippen LogP contribution in [0.5, 0.6) is 11.6 Å². The number of fused-ring (bicyclic) bond motifs is 1. The minimum Gasteiger partial charge on any atom is -0.493 e. The summed E-state index contributed by atoms with van der Waals surface area (Å²) in [6.45, 7) is 0. The van der Waals surface area contributed by atoms with Gasteiger partial charge in [0.1, 0.15) is 6.33 Å². The van der Waals surface area contributed by atoms with Crippen LogP contribution in [0.2, 0.25) is 0 Å². The van der Waals surface area contributed by atoms with E-state index < -0.39 is 0 Å². The Morgan fingerprint density at radius 3 is 3.08 bits per heavy atom. The Labute approximate surface area is 87.0 Å². The van der Waals surface area contributed by atoms with Crippen LogP contribution in [0.1, 0.15) is 0 Å². The molecule has 0 saturated heterocycles. The second-order valence-electron chi connectivity index (χ2n) is 2.35. The zero-order valence-electron chi connectivity index (χ0n) is 6.31. The lowest BCUT2D eigenvalue weighted by Crippen LogP contribution is -1.98. The number of halogens is 1. The third-order valence-electron chi connectivity index (χ3n) is 1.61. The highest BCUT2D eigenvalue weighted by Gasteiger charge is 2.13. The van der Waals surface area contributed by atoms with Gasteiger partial charge >= 0.3 is 0 Å². The first-order chi connectivity index (χ1) is 6.24. The van der Waals surface area contributed by atoms with Gasteiger partial charge in [0.25, 0.3) is 0 Å². The predicted molar refractivity (Wildman–Crippen MR) is 53.7 cm³/mol. The lowest BCUT2D eigenvalue weighted by atomic mass is 10.4. The van der Waals surface area contributed by atoms with Crippen LogP contribution in [0.15, 0.2) is 12.4 Å². The van der Waals surface area contributed by atoms with Gasteiger partial charge < -0.3 is 13.9 Å². The number of nitrogens with zero attached hydrogens (tertiary/aromatic N) is 3. The standard InChI is InChI=1S/C6H5IN4O2/c7-13-3-1-4(12)11-5(3)6(8)9-2-10-11/h1-2,12H,(H2,8,9,10). The minimum atomic E-state index is -0.0317. The molecule has 13 heavy (non-hydrogen) atoms. The highest BCUT2D eigenvalue weighted by Crippen LogP contribution is 2.31. The number of anilines is 1. The first-order valence-electron chi connectivity index (χ1n) is 3.34. The molecule has 68 valence electrons. The molecule has 0 bridgehead atoms. The van der Waals surface area contributed by atoms with Gasteiger partial charge in [0, 0.05) is 6.07 Å². The molecule has 0 aliphatic carbocycles. The van der Waals surface area contributed by atoms with E-state index in [2.05, 4.69) is 10.1 Å². The summed E-state index contributed by atoms with van der Waals surface area (Å²) in [5, 5.41) is 13.2. The summed E-state index contributed by atoms with van der Waals surface area (Å²) in [6.07, 6.45) is 1.26. The summed E-state index contributed by atoms with van der Waals surface area (Å²) in [5.41, 5.74) is 6.05. The van der Waals surface area contributed by atoms with E-state index in [1.807, 2.05) is 0 Å². The lowest BCUT2D eigenvalue weighted by Gasteiger charge is -1.97. The van der Waals surface area contributed by atoms with E-state index in [4.69, 9.17) is 8.80 Å². The van der Waals surface area contributed by atoms with Gasteiger partial charge in [-0.2, -0.15) is 9.61 Å². The number of aromatic hydroxyl groups is 1. The molecule has 0 radical (unpaired) electrons. The fourth-order valence-corrected chi connectivity index (χ4v) is 1.41. The second kappa shape index (κ2) is 2.91. The number of nitrogen functional groups attached to an aromatic ring is 1. The van der Waals surface area contributed by atoms with E-state index >= 15 is 0 Å². The third-order valence-corrected chi connectivity index (χ3v) is 2.09. The van der Waals surface area contributed by atoms with E-state index in [-0.39, 0.29) is 11.7 Å². The SMILES string of the molecule is Nc1ncnn2c(O)cc(OI)c12. The molecular formula is C6H5IN4O2. The van der Waals surface area contributed by atoms with Crippen molar-refractivity contribution < 1.29 is 8.17 Å². The first-order valence-corrected chi connectivity index (χ1v) is 4.22. The normalized spacial score (nSPS) is 10.5. The molecular weight excluding hydrogens is 287 g/mol. The van der Waals surface area contributed by atoms with Crippen molar-refractivity contribution in [2.45, 2.75) is 0 Å². The largest absolute Gasteiger partial charge is 0.493 e. The minimum absolute atomic E-state index is 0.0317. The Kier molecular flexibility index (Phi) is 1.87. The second-order valence-corrected chi connectivity index (χ2v) is 2.79. The molecule has 0 aliphatic rings. The first kappa shape index (κ1) is 8.35. The molecule has 0 aromatic carbocycles. The molecule has 2 aromatic rings. The lowest BCUT2D eigenvalue weighted by molar-refractivity contribution is 0.438. The van der Waals surface area contributed by atoms with Gasteiger partial charge in [-0.05, 0) is 0 Å². The van der Waals surface area contributed by atoms with Crippen LogP contribution in [0.25, 0.3) is 5.52 Å². The van der Waals surface area contributed by atoms with Crippen LogP contribution in [0.3, 0.4) is 0 Å². The van der Waals surface area contributed by atoms with Crippen molar-refractivity contribution in [3.05, 3.63) is 12.4 Å². The molecule has 2 heterocycles. The average Bonchev–Trinajstić information content (AvgIpc) is 2.45. The van der Waals surface area contributed by atoms with Crippen LogP contribution in [0, 0.1) is 0 Å². The maximum absolute atomic E-state index is 9.38. The monoisotopic (exact) mass is 292 g/mol. The van der Waals surface area contributed by atoms with Crippen molar-refractivity contribution in [3.8, 4) is 11.6 Å². The smallest absolute Gasteiger partial charge is 0.216 e. The Balaban J connectivity index is 2.89. The topological polar surface area (TPSA) is 85.7 Å². The molecule has 0 saturated carbocycles. The van der Waals surface area contributed by atoms with Crippen LogP contribution in [0.4, 0.5) is 5.82 Å². The molecule has 6 nitrogen and oxygen atoms in total. The van der Waals surface area contributed by atoms with Crippen molar-refractivity contribution >= 4 is 34.3 Å². The summed E-state index contributed by atoms with van der Waals surface area (Å²) in [4.78, 5) is 3.78. The summed E-state index contributed by atoms with van der Waals surface area (Å²) in [6, 6.07) is 1.42. The maximum atomic E-state index is 9.38. The van der Waals surface area contributed by atoms with Crippen LogP contribution < -0.4 is 8.80 Å². The Bertz CT molecular complexity index is 455. The maximum Gasteiger partial charge on any atom is 0.216 e. The van der Waals surface area contributed by atoms with Gasteiger partial charge in [0.2, 0.25) is 5.88 Å². The zero-order valence-corrected chi connectivity index (χ0v) is 8.46. The highest BCUT2D eigenvalue weighted by molar-refractivity contribution is 14.1. The van der Waals surface area contributed by atoms with E-state index in [1.54, 1.807) is 23.0 Å². The van der Waals surface area contributed by atoms with Crippen LogP contribution in [-0.2, 0) is 0 Å². The summed E-state index contributed by atoms with van der Waals surface area (Å²) in [5.74, 6) is 0.675. The molecule has 0 atom stereocenters. The molecule has 2 rings (SSSR count). The van der Waals surface area contributed by atoms with Crippen LogP contribution in [-0.4, -0.2) is 19.7 Å². The molecule has 0 spiro atoms. The number of hydrogen-bond donors (Lipinski definition) is 2. The van der Waals surface area contributed by atoms with Crippen molar-refractivity contribution in [1.82, 2.24) is 14.6 Å². The van der Waals surface area contributed by atoms with Crippen LogP contribution >= 0.6 is 23.0 Å². The van der Waals surface area contributed by atoms with E-state index in [1.165, 1.54) is 16.9 Å². The Morgan fingerprint density at radius 2 is 2.38 bits per heavy atom. The molecule has 7 heteroatoms. The van der Waals surface area contributed by atoms with Gasteiger partial charge in [-0.3, -0.25) is 0 Å². The summed E-state index contributed by atoms with van der Waals surface area (Å²) in [7, 11) is 0. The molecule has 3 N–H and O–H groups in total. The van der Waals surface area contributed by atoms with Crippen molar-refractivity contribution in [3.63, 3.8) is 0 Å². The van der Waals surface area contributed by atoms with E-state index in [0.717, 1.165) is 0 Å². The van der Waals surface area contributed by atoms with Crippen molar-refractivity contribution in [1.29, 1.82) is 0 Å². The average molecular weight is 292 g/mol. The number of rotatable bonds is 1. The highest BCUT2D eigenvalue weighted by atomic mass is 127. The van der Waals surface area contributed by atoms with Gasteiger partial charge in [0.05, 0.1) is 0 Å². The van der Waals surface area contributed by atoms with Gasteiger partial charge in [-0.1, -0.05) is 0 Å².